The monoisotopic (exact) mass is 451 g/mol. The van der Waals surface area contributed by atoms with Crippen molar-refractivity contribution >= 4 is 29.2 Å². The molecule has 0 N–H and O–H groups in total. The highest BCUT2D eigenvalue weighted by molar-refractivity contribution is 7.89. The standard InChI is InChI=1S/C25H29NO3SSi/c1-20-15-17-22(18-16-20)30(28,29)26(2)25(27)19-24(21-11-7-5-8-12-21)31(3,4)23-13-9-6-10-14-23/h5-18,24H,19H2,1-4H3/t24-/m1/s1. The number of hydrogen-bond acceptors (Lipinski definition) is 3. The van der Waals surface area contributed by atoms with Gasteiger partial charge in [0.15, 0.2) is 0 Å². The van der Waals surface area contributed by atoms with Crippen molar-refractivity contribution in [2.45, 2.75) is 36.9 Å². The van der Waals surface area contributed by atoms with Crippen molar-refractivity contribution in [3.8, 4) is 0 Å². The van der Waals surface area contributed by atoms with Gasteiger partial charge in [0.1, 0.15) is 0 Å². The van der Waals surface area contributed by atoms with E-state index in [0.29, 0.717) is 0 Å². The molecular formula is C25H29NO3SSi. The summed E-state index contributed by atoms with van der Waals surface area (Å²) in [4.78, 5) is 13.4. The predicted octanol–water partition coefficient (Wildman–Crippen LogP) is 4.47. The molecule has 31 heavy (non-hydrogen) atoms. The Labute approximate surface area is 186 Å². The van der Waals surface area contributed by atoms with Gasteiger partial charge in [-0.3, -0.25) is 4.79 Å². The maximum Gasteiger partial charge on any atom is 0.266 e. The number of carbonyl (C=O) groups is 1. The summed E-state index contributed by atoms with van der Waals surface area (Å²) in [6, 6.07) is 26.8. The van der Waals surface area contributed by atoms with Crippen molar-refractivity contribution < 1.29 is 13.2 Å². The molecule has 1 amide bonds. The Hall–Kier alpha value is -2.70. The summed E-state index contributed by atoms with van der Waals surface area (Å²) >= 11 is 0. The van der Waals surface area contributed by atoms with Crippen LogP contribution in [0.5, 0.6) is 0 Å². The number of carbonyl (C=O) groups excluding carboxylic acids is 1. The second kappa shape index (κ2) is 9.20. The Morgan fingerprint density at radius 3 is 1.94 bits per heavy atom. The number of amides is 1. The number of nitrogens with zero attached hydrogens (tertiary/aromatic N) is 1. The van der Waals surface area contributed by atoms with Crippen LogP contribution >= 0.6 is 0 Å². The largest absolute Gasteiger partial charge is 0.274 e. The molecule has 6 heteroatoms. The number of benzene rings is 3. The SMILES string of the molecule is Cc1ccc(S(=O)(=O)N(C)C(=O)C[C@H](c2ccccc2)[Si](C)(C)c2ccccc2)cc1. The van der Waals surface area contributed by atoms with Crippen molar-refractivity contribution in [1.29, 1.82) is 0 Å². The first-order valence-corrected chi connectivity index (χ1v) is 14.8. The van der Waals surface area contributed by atoms with Gasteiger partial charge in [0.25, 0.3) is 10.0 Å². The predicted molar refractivity (Wildman–Crippen MR) is 128 cm³/mol. The maximum absolute atomic E-state index is 13.3. The van der Waals surface area contributed by atoms with E-state index >= 15 is 0 Å². The van der Waals surface area contributed by atoms with E-state index in [4.69, 9.17) is 0 Å². The van der Waals surface area contributed by atoms with Crippen LogP contribution in [0.4, 0.5) is 0 Å². The summed E-state index contributed by atoms with van der Waals surface area (Å²) < 4.78 is 27.0. The third-order valence-corrected chi connectivity index (χ3v) is 11.9. The number of hydrogen-bond donors (Lipinski definition) is 0. The molecule has 0 spiro atoms. The zero-order chi connectivity index (χ0) is 22.6. The molecule has 0 saturated carbocycles. The van der Waals surface area contributed by atoms with Crippen LogP contribution in [0.2, 0.25) is 13.1 Å². The van der Waals surface area contributed by atoms with E-state index in [1.165, 1.54) is 12.2 Å². The average molecular weight is 452 g/mol. The Morgan fingerprint density at radius 1 is 0.871 bits per heavy atom. The lowest BCUT2D eigenvalue weighted by molar-refractivity contribution is -0.125. The van der Waals surface area contributed by atoms with E-state index in [9.17, 15) is 13.2 Å². The fraction of sp³-hybridized carbons (Fsp3) is 0.240. The lowest BCUT2D eigenvalue weighted by Crippen LogP contribution is -2.49. The first-order chi connectivity index (χ1) is 14.6. The minimum atomic E-state index is -3.89. The molecule has 0 aliphatic carbocycles. The van der Waals surface area contributed by atoms with Crippen LogP contribution < -0.4 is 5.19 Å². The summed E-state index contributed by atoms with van der Waals surface area (Å²) in [7, 11) is -4.68. The van der Waals surface area contributed by atoms with Crippen molar-refractivity contribution in [2.24, 2.45) is 0 Å². The molecule has 1 atom stereocenters. The fourth-order valence-corrected chi connectivity index (χ4v) is 8.15. The van der Waals surface area contributed by atoms with E-state index in [1.807, 2.05) is 55.5 Å². The topological polar surface area (TPSA) is 54.5 Å². The van der Waals surface area contributed by atoms with Gasteiger partial charge in [-0.15, -0.1) is 0 Å². The third-order valence-electron chi connectivity index (χ3n) is 6.00. The summed E-state index contributed by atoms with van der Waals surface area (Å²) in [6.07, 6.45) is 0.139. The van der Waals surface area contributed by atoms with Gasteiger partial charge < -0.3 is 0 Å². The van der Waals surface area contributed by atoms with Crippen LogP contribution in [0, 0.1) is 6.92 Å². The van der Waals surface area contributed by atoms with E-state index < -0.39 is 24.0 Å². The zero-order valence-electron chi connectivity index (χ0n) is 18.4. The molecule has 0 heterocycles. The summed E-state index contributed by atoms with van der Waals surface area (Å²) in [5, 5.41) is 1.24. The Balaban J connectivity index is 1.94. The van der Waals surface area contributed by atoms with E-state index in [2.05, 4.69) is 25.2 Å². The highest BCUT2D eigenvalue weighted by Gasteiger charge is 2.38. The molecule has 0 unspecified atom stereocenters. The van der Waals surface area contributed by atoms with Crippen molar-refractivity contribution in [1.82, 2.24) is 4.31 Å². The Kier molecular flexibility index (Phi) is 6.82. The number of aryl methyl sites for hydroxylation is 1. The van der Waals surface area contributed by atoms with Gasteiger partial charge in [-0.25, -0.2) is 12.7 Å². The minimum Gasteiger partial charge on any atom is -0.274 e. The van der Waals surface area contributed by atoms with Gasteiger partial charge in [0.05, 0.1) is 13.0 Å². The zero-order valence-corrected chi connectivity index (χ0v) is 20.3. The normalized spacial score (nSPS) is 12.9. The number of rotatable bonds is 7. The first kappa shape index (κ1) is 23.0. The average Bonchev–Trinajstić information content (AvgIpc) is 2.78. The summed E-state index contributed by atoms with van der Waals surface area (Å²) in [5.74, 6) is -0.397. The molecule has 0 saturated heterocycles. The lowest BCUT2D eigenvalue weighted by Gasteiger charge is -2.34. The maximum atomic E-state index is 13.3. The van der Waals surface area contributed by atoms with Crippen LogP contribution in [0.3, 0.4) is 0 Å². The van der Waals surface area contributed by atoms with Crippen LogP contribution in [-0.2, 0) is 14.8 Å². The van der Waals surface area contributed by atoms with Crippen LogP contribution in [0.25, 0.3) is 0 Å². The van der Waals surface area contributed by atoms with Crippen LogP contribution in [-0.4, -0.2) is 33.8 Å². The molecule has 0 aromatic heterocycles. The van der Waals surface area contributed by atoms with Crippen molar-refractivity contribution in [3.63, 3.8) is 0 Å². The Morgan fingerprint density at radius 2 is 1.39 bits per heavy atom. The molecule has 3 rings (SSSR count). The quantitative estimate of drug-likeness (QED) is 0.498. The van der Waals surface area contributed by atoms with Crippen LogP contribution in [0.15, 0.2) is 89.8 Å². The molecule has 162 valence electrons. The van der Waals surface area contributed by atoms with Gasteiger partial charge in [0.2, 0.25) is 5.91 Å². The molecule has 0 aliphatic rings. The molecule has 4 nitrogen and oxygen atoms in total. The second-order valence-electron chi connectivity index (χ2n) is 8.43. The number of sulfonamides is 1. The highest BCUT2D eigenvalue weighted by atomic mass is 32.2. The van der Waals surface area contributed by atoms with Crippen molar-refractivity contribution in [3.05, 3.63) is 96.1 Å². The fourth-order valence-electron chi connectivity index (χ4n) is 3.85. The van der Waals surface area contributed by atoms with E-state index in [1.54, 1.807) is 24.3 Å². The Bertz CT molecular complexity index is 1130. The molecule has 0 aliphatic heterocycles. The van der Waals surface area contributed by atoms with Crippen LogP contribution in [0.1, 0.15) is 23.1 Å². The van der Waals surface area contributed by atoms with Gasteiger partial charge in [0, 0.05) is 13.5 Å². The molecular weight excluding hydrogens is 422 g/mol. The highest BCUT2D eigenvalue weighted by Crippen LogP contribution is 2.31. The van der Waals surface area contributed by atoms with Gasteiger partial charge in [-0.05, 0) is 30.2 Å². The van der Waals surface area contributed by atoms with Gasteiger partial charge in [-0.2, -0.15) is 0 Å². The smallest absolute Gasteiger partial charge is 0.266 e. The second-order valence-corrected chi connectivity index (χ2v) is 15.1. The first-order valence-electron chi connectivity index (χ1n) is 10.3. The van der Waals surface area contributed by atoms with Gasteiger partial charge >= 0.3 is 0 Å². The molecule has 3 aromatic rings. The van der Waals surface area contributed by atoms with Gasteiger partial charge in [-0.1, -0.05) is 96.6 Å². The molecule has 0 fully saturated rings. The van der Waals surface area contributed by atoms with E-state index in [0.717, 1.165) is 15.4 Å². The summed E-state index contributed by atoms with van der Waals surface area (Å²) in [6.45, 7) is 6.37. The molecule has 0 radical (unpaired) electrons. The third kappa shape index (κ3) is 4.97. The van der Waals surface area contributed by atoms with E-state index in [-0.39, 0.29) is 16.9 Å². The summed E-state index contributed by atoms with van der Waals surface area (Å²) in [5.41, 5.74) is 1.98. The van der Waals surface area contributed by atoms with Crippen molar-refractivity contribution in [2.75, 3.05) is 7.05 Å². The minimum absolute atomic E-state index is 0.0562. The molecule has 3 aromatic carbocycles. The lowest BCUT2D eigenvalue weighted by atomic mass is 10.1. The molecule has 0 bridgehead atoms.